The molecule has 9 nitrogen and oxygen atoms in total. The number of pyridine rings is 1. The number of methoxy groups -OCH3 is 1. The number of anilines is 1. The van der Waals surface area contributed by atoms with Crippen molar-refractivity contribution in [1.29, 1.82) is 0 Å². The van der Waals surface area contributed by atoms with Gasteiger partial charge in [-0.25, -0.2) is 18.1 Å². The quantitative estimate of drug-likeness (QED) is 0.255. The topological polar surface area (TPSA) is 135 Å². The number of carbonyl (C=O) groups is 1. The van der Waals surface area contributed by atoms with E-state index in [4.69, 9.17) is 10.6 Å². The first kappa shape index (κ1) is 17.3. The minimum absolute atomic E-state index is 0.0150. The molecule has 0 aliphatic rings. The van der Waals surface area contributed by atoms with Crippen molar-refractivity contribution in [1.82, 2.24) is 15.0 Å². The first-order chi connectivity index (χ1) is 10.0. The maximum Gasteiger partial charge on any atom is 0.260 e. The molecule has 0 aliphatic carbocycles. The van der Waals surface area contributed by atoms with Crippen LogP contribution in [0.2, 0.25) is 0 Å². The van der Waals surface area contributed by atoms with E-state index < -0.39 is 10.0 Å². The van der Waals surface area contributed by atoms with Gasteiger partial charge in [0.15, 0.2) is 5.03 Å². The smallest absolute Gasteiger partial charge is 0.260 e. The summed E-state index contributed by atoms with van der Waals surface area (Å²) in [6.45, 7) is 0.738. The summed E-state index contributed by atoms with van der Waals surface area (Å²) >= 11 is 0. The summed E-state index contributed by atoms with van der Waals surface area (Å²) in [5, 5.41) is 2.37. The molecule has 0 fully saturated rings. The molecule has 0 spiro atoms. The fraction of sp³-hybridized carbons (Fsp3) is 0.455. The Bertz CT molecular complexity index is 563. The zero-order chi connectivity index (χ0) is 15.7. The third kappa shape index (κ3) is 5.63. The van der Waals surface area contributed by atoms with Crippen LogP contribution in [0.1, 0.15) is 6.42 Å². The van der Waals surface area contributed by atoms with Gasteiger partial charge < -0.3 is 15.5 Å². The SMILES string of the molecule is COCCNC(=O)CCNS(=O)(=O)c1ncccc1NN. The van der Waals surface area contributed by atoms with Gasteiger partial charge in [0.2, 0.25) is 5.91 Å². The number of sulfonamides is 1. The van der Waals surface area contributed by atoms with Crippen LogP contribution in [-0.4, -0.2) is 46.1 Å². The highest BCUT2D eigenvalue weighted by Gasteiger charge is 2.19. The van der Waals surface area contributed by atoms with Crippen LogP contribution >= 0.6 is 0 Å². The lowest BCUT2D eigenvalue weighted by molar-refractivity contribution is -0.121. The van der Waals surface area contributed by atoms with Crippen molar-refractivity contribution in [2.45, 2.75) is 11.4 Å². The van der Waals surface area contributed by atoms with E-state index in [0.717, 1.165) is 0 Å². The molecule has 118 valence electrons. The molecule has 1 heterocycles. The minimum atomic E-state index is -3.83. The van der Waals surface area contributed by atoms with Crippen LogP contribution < -0.4 is 21.3 Å². The van der Waals surface area contributed by atoms with Crippen LogP contribution in [0.25, 0.3) is 0 Å². The summed E-state index contributed by atoms with van der Waals surface area (Å²) in [4.78, 5) is 15.2. The van der Waals surface area contributed by atoms with E-state index >= 15 is 0 Å². The molecule has 10 heteroatoms. The van der Waals surface area contributed by atoms with Gasteiger partial charge in [-0.15, -0.1) is 0 Å². The highest BCUT2D eigenvalue weighted by molar-refractivity contribution is 7.89. The van der Waals surface area contributed by atoms with E-state index in [1.807, 2.05) is 0 Å². The molecular weight excluding hydrogens is 298 g/mol. The van der Waals surface area contributed by atoms with Crippen LogP contribution in [-0.2, 0) is 19.6 Å². The maximum atomic E-state index is 12.0. The Labute approximate surface area is 123 Å². The van der Waals surface area contributed by atoms with Gasteiger partial charge in [-0.3, -0.25) is 10.6 Å². The summed E-state index contributed by atoms with van der Waals surface area (Å²) < 4.78 is 31.1. The Morgan fingerprint density at radius 1 is 1.43 bits per heavy atom. The molecule has 21 heavy (non-hydrogen) atoms. The molecule has 1 aromatic rings. The van der Waals surface area contributed by atoms with Crippen LogP contribution in [0.5, 0.6) is 0 Å². The second kappa shape index (κ2) is 8.52. The van der Waals surface area contributed by atoms with Gasteiger partial charge in [0.1, 0.15) is 0 Å². The lowest BCUT2D eigenvalue weighted by Gasteiger charge is -2.09. The molecule has 1 rings (SSSR count). The molecule has 0 saturated carbocycles. The molecule has 1 aromatic heterocycles. The molecule has 0 aliphatic heterocycles. The Hall–Kier alpha value is -1.75. The van der Waals surface area contributed by atoms with Gasteiger partial charge in [-0.05, 0) is 12.1 Å². The van der Waals surface area contributed by atoms with E-state index in [1.54, 1.807) is 6.07 Å². The number of hydrogen-bond donors (Lipinski definition) is 4. The lowest BCUT2D eigenvalue weighted by Crippen LogP contribution is -2.33. The lowest BCUT2D eigenvalue weighted by atomic mass is 10.4. The van der Waals surface area contributed by atoms with Crippen LogP contribution in [0.15, 0.2) is 23.4 Å². The number of hydrogen-bond acceptors (Lipinski definition) is 7. The first-order valence-corrected chi connectivity index (χ1v) is 7.66. The van der Waals surface area contributed by atoms with Crippen molar-refractivity contribution in [3.05, 3.63) is 18.3 Å². The minimum Gasteiger partial charge on any atom is -0.383 e. The second-order valence-corrected chi connectivity index (χ2v) is 5.67. The third-order valence-corrected chi connectivity index (χ3v) is 3.87. The molecule has 0 aromatic carbocycles. The monoisotopic (exact) mass is 317 g/mol. The summed E-state index contributed by atoms with van der Waals surface area (Å²) in [6, 6.07) is 3.04. The molecule has 0 unspecified atom stereocenters. The number of amides is 1. The van der Waals surface area contributed by atoms with Gasteiger partial charge in [0.25, 0.3) is 10.0 Å². The third-order valence-electron chi connectivity index (χ3n) is 2.45. The molecular formula is C11H19N5O4S. The number of nitrogen functional groups attached to an aromatic ring is 1. The Morgan fingerprint density at radius 3 is 2.86 bits per heavy atom. The zero-order valence-electron chi connectivity index (χ0n) is 11.6. The number of nitrogens with two attached hydrogens (primary N) is 1. The average molecular weight is 317 g/mol. The predicted octanol–water partition coefficient (Wildman–Crippen LogP) is -1.20. The number of carbonyl (C=O) groups excluding carboxylic acids is 1. The zero-order valence-corrected chi connectivity index (χ0v) is 12.4. The normalized spacial score (nSPS) is 11.1. The number of nitrogens with one attached hydrogen (secondary N) is 3. The van der Waals surface area contributed by atoms with Crippen molar-refractivity contribution >= 4 is 21.6 Å². The Kier molecular flexibility index (Phi) is 7.02. The molecule has 1 amide bonds. The van der Waals surface area contributed by atoms with Crippen LogP contribution in [0, 0.1) is 0 Å². The van der Waals surface area contributed by atoms with Crippen molar-refractivity contribution in [3.63, 3.8) is 0 Å². The van der Waals surface area contributed by atoms with E-state index in [-0.39, 0.29) is 29.6 Å². The van der Waals surface area contributed by atoms with Gasteiger partial charge in [-0.2, -0.15) is 0 Å². The maximum absolute atomic E-state index is 12.0. The molecule has 5 N–H and O–H groups in total. The number of rotatable bonds is 9. The largest absolute Gasteiger partial charge is 0.383 e. The van der Waals surface area contributed by atoms with E-state index in [1.165, 1.54) is 19.4 Å². The summed E-state index contributed by atoms with van der Waals surface area (Å²) in [5.41, 5.74) is 2.44. The number of nitrogens with zero attached hydrogens (tertiary/aromatic N) is 1. The van der Waals surface area contributed by atoms with Gasteiger partial charge in [-0.1, -0.05) is 0 Å². The van der Waals surface area contributed by atoms with Crippen LogP contribution in [0.4, 0.5) is 5.69 Å². The molecule has 0 radical (unpaired) electrons. The van der Waals surface area contributed by atoms with Gasteiger partial charge in [0, 0.05) is 32.8 Å². The predicted molar refractivity (Wildman–Crippen MR) is 76.7 cm³/mol. The molecule has 0 atom stereocenters. The van der Waals surface area contributed by atoms with Crippen molar-refractivity contribution < 1.29 is 17.9 Å². The highest BCUT2D eigenvalue weighted by Crippen LogP contribution is 2.15. The van der Waals surface area contributed by atoms with E-state index in [0.29, 0.717) is 13.2 Å². The van der Waals surface area contributed by atoms with Crippen molar-refractivity contribution in [3.8, 4) is 0 Å². The van der Waals surface area contributed by atoms with Gasteiger partial charge >= 0.3 is 0 Å². The van der Waals surface area contributed by atoms with Crippen LogP contribution in [0.3, 0.4) is 0 Å². The number of ether oxygens (including phenoxy) is 1. The summed E-state index contributed by atoms with van der Waals surface area (Å²) in [7, 11) is -2.31. The second-order valence-electron chi connectivity index (χ2n) is 3.99. The van der Waals surface area contributed by atoms with E-state index in [9.17, 15) is 13.2 Å². The van der Waals surface area contributed by atoms with Crippen molar-refractivity contribution in [2.75, 3.05) is 32.2 Å². The summed E-state index contributed by atoms with van der Waals surface area (Å²) in [5.74, 6) is 4.96. The fourth-order valence-electron chi connectivity index (χ4n) is 1.46. The van der Waals surface area contributed by atoms with Crippen molar-refractivity contribution in [2.24, 2.45) is 5.84 Å². The average Bonchev–Trinajstić information content (AvgIpc) is 2.47. The Morgan fingerprint density at radius 2 is 2.19 bits per heavy atom. The molecule has 0 bridgehead atoms. The van der Waals surface area contributed by atoms with Gasteiger partial charge in [0.05, 0.1) is 12.3 Å². The number of hydrazine groups is 1. The van der Waals surface area contributed by atoms with E-state index in [2.05, 4.69) is 20.4 Å². The Balaban J connectivity index is 2.52. The highest BCUT2D eigenvalue weighted by atomic mass is 32.2. The fourth-order valence-corrected chi connectivity index (χ4v) is 2.59. The standard InChI is InChI=1S/C11H19N5O4S/c1-20-8-7-13-10(17)4-6-15-21(18,19)11-9(16-12)3-2-5-14-11/h2-3,5,15-16H,4,6-8,12H2,1H3,(H,13,17). The first-order valence-electron chi connectivity index (χ1n) is 6.18. The number of aromatic nitrogens is 1. The summed E-state index contributed by atoms with van der Waals surface area (Å²) in [6.07, 6.45) is 1.36. The molecule has 0 saturated heterocycles.